The molecular formula is C16H22Cl2N2O3S. The molecule has 1 aromatic rings. The topological polar surface area (TPSA) is 57.7 Å². The number of hydrogen-bond acceptors (Lipinski definition) is 3. The Morgan fingerprint density at radius 1 is 1.38 bits per heavy atom. The first kappa shape index (κ1) is 19.5. The predicted octanol–water partition coefficient (Wildman–Crippen LogP) is 3.18. The Labute approximate surface area is 153 Å². The molecule has 0 N–H and O–H groups in total. The van der Waals surface area contributed by atoms with Crippen LogP contribution in [0.25, 0.3) is 0 Å². The van der Waals surface area contributed by atoms with Gasteiger partial charge in [-0.1, -0.05) is 29.3 Å². The summed E-state index contributed by atoms with van der Waals surface area (Å²) in [5.74, 6) is -0.395. The van der Waals surface area contributed by atoms with Crippen LogP contribution >= 0.6 is 23.2 Å². The number of hydrogen-bond donors (Lipinski definition) is 0. The Balaban J connectivity index is 2.13. The van der Waals surface area contributed by atoms with E-state index in [1.165, 1.54) is 10.6 Å². The summed E-state index contributed by atoms with van der Waals surface area (Å²) in [4.78, 5) is 14.4. The van der Waals surface area contributed by atoms with Crippen molar-refractivity contribution in [3.05, 3.63) is 33.8 Å². The van der Waals surface area contributed by atoms with Gasteiger partial charge in [0.2, 0.25) is 15.9 Å². The van der Waals surface area contributed by atoms with Crippen LogP contribution in [0.5, 0.6) is 0 Å². The van der Waals surface area contributed by atoms with Crippen LogP contribution in [0.2, 0.25) is 10.0 Å². The van der Waals surface area contributed by atoms with Crippen molar-refractivity contribution in [2.24, 2.45) is 5.92 Å². The quantitative estimate of drug-likeness (QED) is 0.790. The molecule has 2 rings (SSSR count). The molecule has 1 fully saturated rings. The van der Waals surface area contributed by atoms with Crippen LogP contribution in [-0.2, 0) is 14.8 Å². The molecule has 1 amide bonds. The molecule has 5 nitrogen and oxygen atoms in total. The van der Waals surface area contributed by atoms with Gasteiger partial charge in [-0.15, -0.1) is 0 Å². The largest absolute Gasteiger partial charge is 0.339 e. The lowest BCUT2D eigenvalue weighted by Crippen LogP contribution is -2.46. The zero-order chi connectivity index (χ0) is 18.1. The fraction of sp³-hybridized carbons (Fsp3) is 0.562. The van der Waals surface area contributed by atoms with Gasteiger partial charge in [0.25, 0.3) is 0 Å². The average Bonchev–Trinajstić information content (AvgIpc) is 2.52. The smallest absolute Gasteiger partial charge is 0.227 e. The minimum atomic E-state index is -3.28. The van der Waals surface area contributed by atoms with Crippen LogP contribution in [0.4, 0.5) is 0 Å². The molecule has 1 heterocycles. The van der Waals surface area contributed by atoms with Crippen molar-refractivity contribution < 1.29 is 13.2 Å². The molecule has 1 aliphatic heterocycles. The number of benzene rings is 1. The molecule has 24 heavy (non-hydrogen) atoms. The summed E-state index contributed by atoms with van der Waals surface area (Å²) in [6, 6.07) is 4.97. The Morgan fingerprint density at radius 3 is 2.62 bits per heavy atom. The van der Waals surface area contributed by atoms with Crippen molar-refractivity contribution in [2.75, 3.05) is 26.4 Å². The van der Waals surface area contributed by atoms with Crippen LogP contribution in [0.1, 0.15) is 31.4 Å². The van der Waals surface area contributed by atoms with Gasteiger partial charge in [-0.3, -0.25) is 4.79 Å². The van der Waals surface area contributed by atoms with Gasteiger partial charge in [-0.25, -0.2) is 12.7 Å². The van der Waals surface area contributed by atoms with Crippen LogP contribution in [0.3, 0.4) is 0 Å². The van der Waals surface area contributed by atoms with E-state index in [2.05, 4.69) is 0 Å². The molecule has 0 aromatic heterocycles. The number of sulfonamides is 1. The standard InChI is InChI=1S/C16H22Cl2N2O3S/c1-11(14-7-6-13(17)9-15(14)18)19(2)16(21)12-5-4-8-20(10-12)24(3,22)23/h6-7,9,11-12H,4-5,8,10H2,1-3H3/t11-,12-/m1/s1. The second-order valence-electron chi connectivity index (χ2n) is 6.25. The van der Waals surface area contributed by atoms with Crippen molar-refractivity contribution in [3.63, 3.8) is 0 Å². The van der Waals surface area contributed by atoms with Gasteiger partial charge < -0.3 is 4.90 Å². The third kappa shape index (κ3) is 4.42. The van der Waals surface area contributed by atoms with Crippen LogP contribution in [0.15, 0.2) is 18.2 Å². The highest BCUT2D eigenvalue weighted by molar-refractivity contribution is 7.88. The first-order valence-corrected chi connectivity index (χ1v) is 10.4. The van der Waals surface area contributed by atoms with E-state index in [1.807, 2.05) is 13.0 Å². The highest BCUT2D eigenvalue weighted by Crippen LogP contribution is 2.31. The lowest BCUT2D eigenvalue weighted by molar-refractivity contribution is -0.137. The predicted molar refractivity (Wildman–Crippen MR) is 96.8 cm³/mol. The molecule has 0 radical (unpaired) electrons. The second-order valence-corrected chi connectivity index (χ2v) is 9.08. The first-order valence-electron chi connectivity index (χ1n) is 7.78. The lowest BCUT2D eigenvalue weighted by atomic mass is 9.96. The summed E-state index contributed by atoms with van der Waals surface area (Å²) in [6.07, 6.45) is 2.56. The Hall–Kier alpha value is -0.820. The SMILES string of the molecule is C[C@H](c1ccc(Cl)cc1Cl)N(C)C(=O)[C@@H]1CCCN(S(C)(=O)=O)C1. The molecule has 134 valence electrons. The molecule has 1 aliphatic rings. The van der Waals surface area contributed by atoms with Gasteiger partial charge in [0.05, 0.1) is 18.2 Å². The Bertz CT molecular complexity index is 724. The van der Waals surface area contributed by atoms with Gasteiger partial charge in [-0.05, 0) is 37.5 Å². The van der Waals surface area contributed by atoms with Gasteiger partial charge in [-0.2, -0.15) is 0 Å². The number of carbonyl (C=O) groups excluding carboxylic acids is 1. The van der Waals surface area contributed by atoms with E-state index in [0.29, 0.717) is 29.4 Å². The Kier molecular flexibility index (Phi) is 6.18. The summed E-state index contributed by atoms with van der Waals surface area (Å²) >= 11 is 12.1. The van der Waals surface area contributed by atoms with Gasteiger partial charge in [0.15, 0.2) is 0 Å². The number of amides is 1. The van der Waals surface area contributed by atoms with Crippen molar-refractivity contribution >= 4 is 39.1 Å². The zero-order valence-corrected chi connectivity index (χ0v) is 16.3. The molecule has 0 aliphatic carbocycles. The van der Waals surface area contributed by atoms with E-state index >= 15 is 0 Å². The molecule has 0 unspecified atom stereocenters. The fourth-order valence-corrected chi connectivity index (χ4v) is 4.45. The highest BCUT2D eigenvalue weighted by Gasteiger charge is 2.33. The van der Waals surface area contributed by atoms with Crippen molar-refractivity contribution in [1.29, 1.82) is 0 Å². The summed E-state index contributed by atoms with van der Waals surface area (Å²) < 4.78 is 24.8. The molecular weight excluding hydrogens is 371 g/mol. The van der Waals surface area contributed by atoms with Crippen molar-refractivity contribution in [3.8, 4) is 0 Å². The molecule has 0 bridgehead atoms. The minimum absolute atomic E-state index is 0.0677. The van der Waals surface area contributed by atoms with Crippen molar-refractivity contribution in [2.45, 2.75) is 25.8 Å². The van der Waals surface area contributed by atoms with E-state index in [1.54, 1.807) is 24.1 Å². The van der Waals surface area contributed by atoms with E-state index in [9.17, 15) is 13.2 Å². The first-order chi connectivity index (χ1) is 11.1. The third-order valence-corrected chi connectivity index (χ3v) is 6.38. The van der Waals surface area contributed by atoms with Crippen molar-refractivity contribution in [1.82, 2.24) is 9.21 Å². The lowest BCUT2D eigenvalue weighted by Gasteiger charge is -2.34. The van der Waals surface area contributed by atoms with Gasteiger partial charge in [0, 0.05) is 30.2 Å². The maximum absolute atomic E-state index is 12.8. The third-order valence-electron chi connectivity index (χ3n) is 4.54. The zero-order valence-electron chi connectivity index (χ0n) is 14.0. The normalized spacial score (nSPS) is 20.6. The maximum Gasteiger partial charge on any atom is 0.227 e. The number of piperidine rings is 1. The van der Waals surface area contributed by atoms with E-state index in [4.69, 9.17) is 23.2 Å². The fourth-order valence-electron chi connectivity index (χ4n) is 2.97. The molecule has 2 atom stereocenters. The van der Waals surface area contributed by atoms with E-state index in [-0.39, 0.29) is 24.4 Å². The summed E-state index contributed by atoms with van der Waals surface area (Å²) in [5.41, 5.74) is 0.813. The van der Waals surface area contributed by atoms with E-state index in [0.717, 1.165) is 5.56 Å². The van der Waals surface area contributed by atoms with Gasteiger partial charge in [0.1, 0.15) is 0 Å². The molecule has 0 saturated carbocycles. The molecule has 8 heteroatoms. The van der Waals surface area contributed by atoms with Crippen LogP contribution in [-0.4, -0.2) is 49.9 Å². The van der Waals surface area contributed by atoms with Crippen LogP contribution < -0.4 is 0 Å². The summed E-state index contributed by atoms with van der Waals surface area (Å²) in [5, 5.41) is 1.05. The van der Waals surface area contributed by atoms with E-state index < -0.39 is 10.0 Å². The summed E-state index contributed by atoms with van der Waals surface area (Å²) in [7, 11) is -1.56. The minimum Gasteiger partial charge on any atom is -0.339 e. The number of halogens is 2. The monoisotopic (exact) mass is 392 g/mol. The Morgan fingerprint density at radius 2 is 2.04 bits per heavy atom. The summed E-state index contributed by atoms with van der Waals surface area (Å²) in [6.45, 7) is 2.61. The number of carbonyl (C=O) groups is 1. The number of rotatable bonds is 4. The maximum atomic E-state index is 12.8. The average molecular weight is 393 g/mol. The molecule has 0 spiro atoms. The number of nitrogens with zero attached hydrogens (tertiary/aromatic N) is 2. The van der Waals surface area contributed by atoms with Crippen LogP contribution in [0, 0.1) is 5.92 Å². The molecule has 1 saturated heterocycles. The second kappa shape index (κ2) is 7.60. The van der Waals surface area contributed by atoms with Gasteiger partial charge >= 0.3 is 0 Å². The molecule has 1 aromatic carbocycles. The highest BCUT2D eigenvalue weighted by atomic mass is 35.5.